The maximum Gasteiger partial charge on any atom is 0.146 e. The fraction of sp³-hybridized carbons (Fsp3) is 0.0417. The molecule has 26 heavy (non-hydrogen) atoms. The minimum Gasteiger partial charge on any atom is -0.256 e. The van der Waals surface area contributed by atoms with E-state index in [9.17, 15) is 0 Å². The van der Waals surface area contributed by atoms with E-state index in [0.29, 0.717) is 0 Å². The quantitative estimate of drug-likeness (QED) is 0.402. The Morgan fingerprint density at radius 2 is 1.12 bits per heavy atom. The number of hydrogen-bond donors (Lipinski definition) is 0. The maximum absolute atomic E-state index is 4.63. The highest BCUT2D eigenvalue weighted by atomic mass is 28.3. The minimum atomic E-state index is -2.15. The van der Waals surface area contributed by atoms with E-state index < -0.39 is 8.07 Å². The largest absolute Gasteiger partial charge is 0.256 e. The third-order valence-corrected chi connectivity index (χ3v) is 9.60. The molecule has 0 aliphatic carbocycles. The summed E-state index contributed by atoms with van der Waals surface area (Å²) in [4.78, 5) is 4.63. The van der Waals surface area contributed by atoms with Crippen LogP contribution >= 0.6 is 0 Å². The predicted octanol–water partition coefficient (Wildman–Crippen LogP) is 3.85. The highest BCUT2D eigenvalue weighted by Crippen LogP contribution is 2.18. The second-order valence-corrected chi connectivity index (χ2v) is 10.6. The van der Waals surface area contributed by atoms with Crippen LogP contribution in [0, 0.1) is 0 Å². The van der Waals surface area contributed by atoms with Gasteiger partial charge in [0.25, 0.3) is 0 Å². The highest BCUT2D eigenvalue weighted by Gasteiger charge is 2.35. The molecule has 1 nitrogen and oxygen atoms in total. The molecule has 3 aromatic carbocycles. The van der Waals surface area contributed by atoms with Gasteiger partial charge in [-0.25, -0.2) is 0 Å². The summed E-state index contributed by atoms with van der Waals surface area (Å²) in [6, 6.07) is 36.7. The van der Waals surface area contributed by atoms with E-state index in [0.717, 1.165) is 5.69 Å². The van der Waals surface area contributed by atoms with Crippen molar-refractivity contribution >= 4 is 23.6 Å². The Bertz CT molecular complexity index is 943. The zero-order valence-electron chi connectivity index (χ0n) is 14.8. The fourth-order valence-electron chi connectivity index (χ4n) is 3.69. The molecule has 0 N–H and O–H groups in total. The van der Waals surface area contributed by atoms with Crippen molar-refractivity contribution in [2.45, 2.75) is 6.55 Å². The zero-order valence-corrected chi connectivity index (χ0v) is 15.8. The molecule has 0 aliphatic heterocycles. The van der Waals surface area contributed by atoms with Gasteiger partial charge in [-0.15, -0.1) is 0 Å². The van der Waals surface area contributed by atoms with Crippen molar-refractivity contribution in [2.24, 2.45) is 0 Å². The third kappa shape index (κ3) is 2.89. The van der Waals surface area contributed by atoms with Gasteiger partial charge in [-0.2, -0.15) is 0 Å². The van der Waals surface area contributed by atoms with Gasteiger partial charge in [0.05, 0.1) is 5.69 Å². The van der Waals surface area contributed by atoms with Crippen LogP contribution in [-0.4, -0.2) is 13.1 Å². The van der Waals surface area contributed by atoms with Crippen LogP contribution in [0.3, 0.4) is 0 Å². The first-order valence-electron chi connectivity index (χ1n) is 8.92. The average Bonchev–Trinajstić information content (AvgIpc) is 2.75. The second kappa shape index (κ2) is 7.10. The van der Waals surface area contributed by atoms with Gasteiger partial charge in [-0.3, -0.25) is 4.98 Å². The Hall–Kier alpha value is -2.97. The van der Waals surface area contributed by atoms with Crippen molar-refractivity contribution < 1.29 is 0 Å². The molecule has 1 heterocycles. The summed E-state index contributed by atoms with van der Waals surface area (Å²) in [5, 5.41) is 4.22. The zero-order chi connectivity index (χ0) is 17.8. The van der Waals surface area contributed by atoms with Crippen LogP contribution < -0.4 is 15.6 Å². The van der Waals surface area contributed by atoms with Crippen molar-refractivity contribution in [2.75, 3.05) is 0 Å². The molecule has 4 aromatic rings. The van der Waals surface area contributed by atoms with Crippen molar-refractivity contribution in [3.8, 4) is 11.3 Å². The SMILES string of the molecule is C[Si](c1ccccc1)(c1ccccc1)c1ccccc1-c1ccccn1. The van der Waals surface area contributed by atoms with Crippen molar-refractivity contribution in [3.63, 3.8) is 0 Å². The lowest BCUT2D eigenvalue weighted by molar-refractivity contribution is 1.33. The number of pyridine rings is 1. The number of aromatic nitrogens is 1. The molecular weight excluding hydrogens is 330 g/mol. The first-order valence-corrected chi connectivity index (χ1v) is 11.4. The van der Waals surface area contributed by atoms with E-state index in [-0.39, 0.29) is 0 Å². The number of hydrogen-bond acceptors (Lipinski definition) is 1. The lowest BCUT2D eigenvalue weighted by Gasteiger charge is -2.31. The Morgan fingerprint density at radius 1 is 0.577 bits per heavy atom. The van der Waals surface area contributed by atoms with Crippen LogP contribution in [0.15, 0.2) is 109 Å². The summed E-state index contributed by atoms with van der Waals surface area (Å²) in [6.45, 7) is 2.44. The average molecular weight is 352 g/mol. The third-order valence-electron chi connectivity index (χ3n) is 5.11. The predicted molar refractivity (Wildman–Crippen MR) is 113 cm³/mol. The monoisotopic (exact) mass is 351 g/mol. The lowest BCUT2D eigenvalue weighted by atomic mass is 10.1. The summed E-state index contributed by atoms with van der Waals surface area (Å²) in [6.07, 6.45) is 1.87. The van der Waals surface area contributed by atoms with E-state index in [1.54, 1.807) is 0 Å². The lowest BCUT2D eigenvalue weighted by Crippen LogP contribution is -2.65. The van der Waals surface area contributed by atoms with Gasteiger partial charge in [0.1, 0.15) is 8.07 Å². The first kappa shape index (κ1) is 16.5. The maximum atomic E-state index is 4.63. The van der Waals surface area contributed by atoms with Gasteiger partial charge in [0.2, 0.25) is 0 Å². The summed E-state index contributed by atoms with van der Waals surface area (Å²) < 4.78 is 0. The summed E-state index contributed by atoms with van der Waals surface area (Å²) in [5.74, 6) is 0. The molecule has 0 bridgehead atoms. The number of nitrogens with zero attached hydrogens (tertiary/aromatic N) is 1. The Kier molecular flexibility index (Phi) is 4.51. The van der Waals surface area contributed by atoms with E-state index >= 15 is 0 Å². The van der Waals surface area contributed by atoms with Gasteiger partial charge >= 0.3 is 0 Å². The molecule has 0 fully saturated rings. The molecule has 2 heteroatoms. The molecule has 0 spiro atoms. The van der Waals surface area contributed by atoms with Crippen molar-refractivity contribution in [1.82, 2.24) is 4.98 Å². The van der Waals surface area contributed by atoms with Gasteiger partial charge in [-0.05, 0) is 27.7 Å². The van der Waals surface area contributed by atoms with Crippen LogP contribution in [0.25, 0.3) is 11.3 Å². The molecule has 0 amide bonds. The van der Waals surface area contributed by atoms with Crippen molar-refractivity contribution in [1.29, 1.82) is 0 Å². The fourth-order valence-corrected chi connectivity index (χ4v) is 7.54. The van der Waals surface area contributed by atoms with E-state index in [2.05, 4.69) is 109 Å². The standard InChI is InChI=1S/C24H21NSi/c1-26(20-12-4-2-5-13-20,21-14-6-3-7-15-21)24-18-9-8-16-22(24)23-17-10-11-19-25-23/h2-19H,1H3. The Labute approximate surface area is 156 Å². The van der Waals surface area contributed by atoms with E-state index in [1.807, 2.05) is 12.3 Å². The molecule has 0 saturated carbocycles. The number of rotatable bonds is 4. The minimum absolute atomic E-state index is 1.04. The van der Waals surface area contributed by atoms with E-state index in [1.165, 1.54) is 21.1 Å². The molecule has 4 rings (SSSR count). The molecule has 0 saturated heterocycles. The van der Waals surface area contributed by atoms with Crippen LogP contribution in [-0.2, 0) is 0 Å². The number of benzene rings is 3. The topological polar surface area (TPSA) is 12.9 Å². The van der Waals surface area contributed by atoms with Gasteiger partial charge in [0, 0.05) is 11.8 Å². The van der Waals surface area contributed by atoms with Crippen LogP contribution in [0.1, 0.15) is 0 Å². The Balaban J connectivity index is 2.01. The highest BCUT2D eigenvalue weighted by molar-refractivity contribution is 7.11. The molecule has 0 unspecified atom stereocenters. The molecular formula is C24H21NSi. The van der Waals surface area contributed by atoms with Gasteiger partial charge in [0.15, 0.2) is 0 Å². The van der Waals surface area contributed by atoms with E-state index in [4.69, 9.17) is 0 Å². The van der Waals surface area contributed by atoms with Crippen LogP contribution in [0.2, 0.25) is 6.55 Å². The second-order valence-electron chi connectivity index (χ2n) is 6.62. The van der Waals surface area contributed by atoms with Gasteiger partial charge in [-0.1, -0.05) is 97.5 Å². The smallest absolute Gasteiger partial charge is 0.146 e. The molecule has 1 aromatic heterocycles. The van der Waals surface area contributed by atoms with Crippen LogP contribution in [0.4, 0.5) is 0 Å². The molecule has 0 atom stereocenters. The van der Waals surface area contributed by atoms with Crippen LogP contribution in [0.5, 0.6) is 0 Å². The Morgan fingerprint density at radius 3 is 1.69 bits per heavy atom. The summed E-state index contributed by atoms with van der Waals surface area (Å²) in [5.41, 5.74) is 2.27. The molecule has 126 valence electrons. The van der Waals surface area contributed by atoms with Crippen molar-refractivity contribution in [3.05, 3.63) is 109 Å². The van der Waals surface area contributed by atoms with Gasteiger partial charge < -0.3 is 0 Å². The molecule has 0 radical (unpaired) electrons. The summed E-state index contributed by atoms with van der Waals surface area (Å²) in [7, 11) is -2.15. The summed E-state index contributed by atoms with van der Waals surface area (Å²) >= 11 is 0. The molecule has 0 aliphatic rings. The first-order chi connectivity index (χ1) is 12.8. The normalized spacial score (nSPS) is 11.3.